The summed E-state index contributed by atoms with van der Waals surface area (Å²) in [5.74, 6) is -3.73. The summed E-state index contributed by atoms with van der Waals surface area (Å²) in [5, 5.41) is 0. The largest absolute Gasteiger partial charge is 0.490 e. The lowest BCUT2D eigenvalue weighted by atomic mass is 10.1. The minimum Gasteiger partial charge on any atom is -0.490 e. The molecule has 1 rings (SSSR count). The molecule has 0 N–H and O–H groups in total. The molecule has 0 saturated carbocycles. The van der Waals surface area contributed by atoms with E-state index in [1.54, 1.807) is 0 Å². The summed E-state index contributed by atoms with van der Waals surface area (Å²) in [6.45, 7) is 0.665. The van der Waals surface area contributed by atoms with Gasteiger partial charge in [-0.25, -0.2) is 8.78 Å². The Morgan fingerprint density at radius 2 is 1.90 bits per heavy atom. The lowest BCUT2D eigenvalue weighted by Gasteiger charge is -2.22. The van der Waals surface area contributed by atoms with Crippen molar-refractivity contribution < 1.29 is 27.0 Å². The van der Waals surface area contributed by atoms with Crippen molar-refractivity contribution in [3.05, 3.63) is 28.2 Å². The highest BCUT2D eigenvalue weighted by Gasteiger charge is 2.48. The summed E-state index contributed by atoms with van der Waals surface area (Å²) in [7, 11) is 1.52. The van der Waals surface area contributed by atoms with Crippen molar-refractivity contribution in [2.24, 2.45) is 0 Å². The Morgan fingerprint density at radius 3 is 2.40 bits per heavy atom. The van der Waals surface area contributed by atoms with Gasteiger partial charge in [-0.05, 0) is 33.6 Å². The second-order valence-corrected chi connectivity index (χ2v) is 5.64. The van der Waals surface area contributed by atoms with Crippen molar-refractivity contribution in [2.75, 3.05) is 20.3 Å². The van der Waals surface area contributed by atoms with Gasteiger partial charge in [-0.2, -0.15) is 8.78 Å². The Morgan fingerprint density at radius 1 is 1.25 bits per heavy atom. The molecule has 0 heterocycles. The third kappa shape index (κ3) is 4.33. The predicted molar refractivity (Wildman–Crippen MR) is 74.1 cm³/mol. The first-order valence-corrected chi connectivity index (χ1v) is 7.22. The monoisotopic (exact) mass is 422 g/mol. The molecule has 20 heavy (non-hydrogen) atoms. The van der Waals surface area contributed by atoms with Crippen LogP contribution < -0.4 is 4.74 Å². The van der Waals surface area contributed by atoms with Crippen LogP contribution in [-0.4, -0.2) is 32.7 Å². The molecule has 1 atom stereocenters. The van der Waals surface area contributed by atoms with E-state index < -0.39 is 17.2 Å². The van der Waals surface area contributed by atoms with Crippen molar-refractivity contribution in [1.82, 2.24) is 0 Å². The highest BCUT2D eigenvalue weighted by Crippen LogP contribution is 2.44. The Kier molecular flexibility index (Phi) is 6.74. The van der Waals surface area contributed by atoms with Crippen LogP contribution in [0.3, 0.4) is 0 Å². The van der Waals surface area contributed by atoms with Gasteiger partial charge in [0, 0.05) is 7.11 Å². The highest BCUT2D eigenvalue weighted by atomic mass is 79.9. The Hall–Kier alpha value is -0.340. The maximum Gasteiger partial charge on any atom is 0.323 e. The van der Waals surface area contributed by atoms with E-state index in [0.29, 0.717) is 23.4 Å². The summed E-state index contributed by atoms with van der Waals surface area (Å²) >= 11 is 5.77. The van der Waals surface area contributed by atoms with Crippen LogP contribution in [0.5, 0.6) is 5.75 Å². The van der Waals surface area contributed by atoms with Gasteiger partial charge < -0.3 is 9.47 Å². The predicted octanol–water partition coefficient (Wildman–Crippen LogP) is 4.81. The number of ether oxygens (including phenoxy) is 2. The summed E-state index contributed by atoms with van der Waals surface area (Å²) in [6, 6.07) is 4.06. The van der Waals surface area contributed by atoms with E-state index in [4.69, 9.17) is 9.47 Å². The molecule has 0 aliphatic carbocycles. The maximum atomic E-state index is 13.2. The van der Waals surface area contributed by atoms with Crippen molar-refractivity contribution in [2.45, 2.75) is 17.2 Å². The number of benzene rings is 1. The topological polar surface area (TPSA) is 18.5 Å². The number of halogens is 6. The van der Waals surface area contributed by atoms with Gasteiger partial charge in [0.1, 0.15) is 17.2 Å². The number of rotatable bonds is 7. The fourth-order valence-corrected chi connectivity index (χ4v) is 2.36. The smallest absolute Gasteiger partial charge is 0.323 e. The Balaban J connectivity index is 2.86. The van der Waals surface area contributed by atoms with Gasteiger partial charge >= 0.3 is 12.3 Å². The number of hydrogen-bond donors (Lipinski definition) is 0. The van der Waals surface area contributed by atoms with Crippen molar-refractivity contribution in [3.8, 4) is 5.75 Å². The van der Waals surface area contributed by atoms with Crippen LogP contribution in [-0.2, 0) is 4.74 Å². The zero-order valence-electron chi connectivity index (χ0n) is 10.4. The molecule has 0 fully saturated rings. The zero-order valence-corrected chi connectivity index (χ0v) is 13.6. The van der Waals surface area contributed by atoms with E-state index in [2.05, 4.69) is 31.9 Å². The summed E-state index contributed by atoms with van der Waals surface area (Å²) in [5.41, 5.74) is 0.0290. The van der Waals surface area contributed by atoms with E-state index in [0.717, 1.165) is 0 Å². The van der Waals surface area contributed by atoms with Crippen LogP contribution in [0.15, 0.2) is 22.7 Å². The molecule has 1 aromatic carbocycles. The SMILES string of the molecule is COCCOc1ccc(C(Br)C(F)(F)C(F)F)cc1Br. The van der Waals surface area contributed by atoms with Crippen molar-refractivity contribution >= 4 is 31.9 Å². The molecular formula is C12H12Br2F4O2. The first-order valence-electron chi connectivity index (χ1n) is 5.52. The van der Waals surface area contributed by atoms with Gasteiger partial charge in [-0.15, -0.1) is 0 Å². The molecule has 0 amide bonds. The molecule has 114 valence electrons. The quantitative estimate of drug-likeness (QED) is 0.356. The minimum atomic E-state index is -4.15. The minimum absolute atomic E-state index is 0.0290. The molecule has 0 saturated heterocycles. The first-order chi connectivity index (χ1) is 9.30. The molecule has 1 unspecified atom stereocenters. The summed E-state index contributed by atoms with van der Waals surface area (Å²) in [4.78, 5) is -1.78. The van der Waals surface area contributed by atoms with Crippen LogP contribution in [0.2, 0.25) is 0 Å². The van der Waals surface area contributed by atoms with Crippen LogP contribution in [0, 0.1) is 0 Å². The summed E-state index contributed by atoms with van der Waals surface area (Å²) in [6.07, 6.45) is -3.75. The van der Waals surface area contributed by atoms with Crippen LogP contribution in [0.4, 0.5) is 17.6 Å². The molecular weight excluding hydrogens is 412 g/mol. The van der Waals surface area contributed by atoms with Crippen LogP contribution >= 0.6 is 31.9 Å². The molecule has 1 aromatic rings. The van der Waals surface area contributed by atoms with Gasteiger partial charge in [0.05, 0.1) is 11.1 Å². The fraction of sp³-hybridized carbons (Fsp3) is 0.500. The zero-order chi connectivity index (χ0) is 15.3. The average molecular weight is 424 g/mol. The molecule has 0 aliphatic heterocycles. The van der Waals surface area contributed by atoms with E-state index >= 15 is 0 Å². The second-order valence-electron chi connectivity index (χ2n) is 3.87. The molecule has 0 aliphatic rings. The van der Waals surface area contributed by atoms with E-state index in [-0.39, 0.29) is 5.56 Å². The Labute approximate surface area is 130 Å². The third-order valence-electron chi connectivity index (χ3n) is 2.42. The van der Waals surface area contributed by atoms with Gasteiger partial charge in [-0.3, -0.25) is 0 Å². The maximum absolute atomic E-state index is 13.2. The third-order valence-corrected chi connectivity index (χ3v) is 4.18. The number of methoxy groups -OCH3 is 1. The molecule has 0 radical (unpaired) electrons. The molecule has 8 heteroatoms. The second kappa shape index (κ2) is 7.61. The van der Waals surface area contributed by atoms with E-state index in [1.165, 1.54) is 25.3 Å². The van der Waals surface area contributed by atoms with E-state index in [9.17, 15) is 17.6 Å². The average Bonchev–Trinajstić information content (AvgIpc) is 2.39. The van der Waals surface area contributed by atoms with Crippen LogP contribution in [0.25, 0.3) is 0 Å². The molecule has 0 spiro atoms. The molecule has 0 bridgehead atoms. The standard InChI is InChI=1S/C12H12Br2F4O2/c1-19-4-5-20-9-3-2-7(6-8(9)13)10(14)12(17,18)11(15)16/h2-3,6,10-11H,4-5H2,1H3. The number of alkyl halides is 5. The normalized spacial score (nSPS) is 13.6. The van der Waals surface area contributed by atoms with Gasteiger partial charge in [0.2, 0.25) is 0 Å². The molecule has 0 aromatic heterocycles. The highest BCUT2D eigenvalue weighted by molar-refractivity contribution is 9.10. The lowest BCUT2D eigenvalue weighted by molar-refractivity contribution is -0.127. The van der Waals surface area contributed by atoms with Gasteiger partial charge in [0.25, 0.3) is 0 Å². The molecule has 2 nitrogen and oxygen atoms in total. The first kappa shape index (κ1) is 17.7. The van der Waals surface area contributed by atoms with Crippen LogP contribution in [0.1, 0.15) is 10.4 Å². The van der Waals surface area contributed by atoms with Crippen molar-refractivity contribution in [1.29, 1.82) is 0 Å². The van der Waals surface area contributed by atoms with Gasteiger partial charge in [0.15, 0.2) is 0 Å². The van der Waals surface area contributed by atoms with Crippen molar-refractivity contribution in [3.63, 3.8) is 0 Å². The summed E-state index contributed by atoms with van der Waals surface area (Å²) < 4.78 is 61.6. The lowest BCUT2D eigenvalue weighted by Crippen LogP contribution is -2.31. The Bertz CT molecular complexity index is 443. The number of hydrogen-bond acceptors (Lipinski definition) is 2. The van der Waals surface area contributed by atoms with E-state index in [1.807, 2.05) is 0 Å². The van der Waals surface area contributed by atoms with Gasteiger partial charge in [-0.1, -0.05) is 22.0 Å². The fourth-order valence-electron chi connectivity index (χ4n) is 1.36.